The zero-order chi connectivity index (χ0) is 19.7. The van der Waals surface area contributed by atoms with Crippen molar-refractivity contribution in [2.45, 2.75) is 78.1 Å². The number of hydrogen-bond acceptors (Lipinski definition) is 4. The predicted molar refractivity (Wildman–Crippen MR) is 112 cm³/mol. The maximum Gasteiger partial charge on any atom is 0.240 e. The molecule has 0 aliphatic rings. The van der Waals surface area contributed by atoms with Crippen LogP contribution < -0.4 is 14.9 Å². The van der Waals surface area contributed by atoms with E-state index in [0.717, 1.165) is 37.0 Å². The minimum Gasteiger partial charge on any atom is -0.493 e. The molecular formula is C22H36N2O3. The van der Waals surface area contributed by atoms with Gasteiger partial charge in [-0.05, 0) is 36.6 Å². The van der Waals surface area contributed by atoms with Crippen molar-refractivity contribution in [2.75, 3.05) is 13.7 Å². The molecule has 0 unspecified atom stereocenters. The van der Waals surface area contributed by atoms with Crippen LogP contribution in [0.5, 0.6) is 11.5 Å². The summed E-state index contributed by atoms with van der Waals surface area (Å²) in [6.07, 6.45) is 12.5. The van der Waals surface area contributed by atoms with E-state index in [4.69, 9.17) is 9.47 Å². The van der Waals surface area contributed by atoms with E-state index >= 15 is 0 Å². The SMILES string of the molecule is CCCCCCCCC(=O)N/N=C/c1ccc(OCCCCC)c(OC)c1. The van der Waals surface area contributed by atoms with Gasteiger partial charge in [0, 0.05) is 6.42 Å². The number of methoxy groups -OCH3 is 1. The zero-order valence-electron chi connectivity index (χ0n) is 17.3. The Kier molecular flexibility index (Phi) is 12.8. The van der Waals surface area contributed by atoms with Gasteiger partial charge in [-0.15, -0.1) is 0 Å². The second-order valence-electron chi connectivity index (χ2n) is 6.78. The van der Waals surface area contributed by atoms with E-state index in [1.807, 2.05) is 18.2 Å². The molecule has 0 saturated heterocycles. The lowest BCUT2D eigenvalue weighted by Crippen LogP contribution is -2.16. The van der Waals surface area contributed by atoms with E-state index < -0.39 is 0 Å². The standard InChI is InChI=1S/C22H36N2O3/c1-4-6-8-9-10-11-13-22(25)24-23-18-19-14-15-20(21(17-19)26-3)27-16-12-7-5-2/h14-15,17-18H,4-13,16H2,1-3H3,(H,24,25)/b23-18+. The minimum atomic E-state index is -0.0374. The molecule has 5 heteroatoms. The molecule has 5 nitrogen and oxygen atoms in total. The highest BCUT2D eigenvalue weighted by atomic mass is 16.5. The minimum absolute atomic E-state index is 0.0374. The van der Waals surface area contributed by atoms with Crippen LogP contribution in [0.2, 0.25) is 0 Å². The molecule has 0 spiro atoms. The lowest BCUT2D eigenvalue weighted by Gasteiger charge is -2.11. The molecule has 0 radical (unpaired) electrons. The fourth-order valence-electron chi connectivity index (χ4n) is 2.72. The van der Waals surface area contributed by atoms with Crippen molar-refractivity contribution < 1.29 is 14.3 Å². The topological polar surface area (TPSA) is 59.9 Å². The number of carbonyl (C=O) groups excluding carboxylic acids is 1. The number of ether oxygens (including phenoxy) is 2. The second-order valence-corrected chi connectivity index (χ2v) is 6.78. The number of carbonyl (C=O) groups is 1. The van der Waals surface area contributed by atoms with Crippen molar-refractivity contribution >= 4 is 12.1 Å². The summed E-state index contributed by atoms with van der Waals surface area (Å²) in [7, 11) is 1.62. The van der Waals surface area contributed by atoms with E-state index in [9.17, 15) is 4.79 Å². The summed E-state index contributed by atoms with van der Waals surface area (Å²) in [5.41, 5.74) is 3.45. The van der Waals surface area contributed by atoms with Crippen LogP contribution in [-0.4, -0.2) is 25.8 Å². The Hall–Kier alpha value is -2.04. The Morgan fingerprint density at radius 1 is 1.00 bits per heavy atom. The van der Waals surface area contributed by atoms with Gasteiger partial charge < -0.3 is 9.47 Å². The quantitative estimate of drug-likeness (QED) is 0.251. The van der Waals surface area contributed by atoms with Crippen LogP contribution in [0.4, 0.5) is 0 Å². The lowest BCUT2D eigenvalue weighted by molar-refractivity contribution is -0.121. The summed E-state index contributed by atoms with van der Waals surface area (Å²) in [6.45, 7) is 5.06. The molecule has 0 aromatic heterocycles. The lowest BCUT2D eigenvalue weighted by atomic mass is 10.1. The van der Waals surface area contributed by atoms with Crippen LogP contribution in [0.25, 0.3) is 0 Å². The van der Waals surface area contributed by atoms with Gasteiger partial charge in [0.25, 0.3) is 0 Å². The van der Waals surface area contributed by atoms with Crippen molar-refractivity contribution in [3.05, 3.63) is 23.8 Å². The smallest absolute Gasteiger partial charge is 0.240 e. The molecular weight excluding hydrogens is 340 g/mol. The van der Waals surface area contributed by atoms with E-state index in [0.29, 0.717) is 18.8 Å². The Bertz CT molecular complexity index is 558. The molecule has 1 aromatic carbocycles. The molecule has 0 atom stereocenters. The zero-order valence-corrected chi connectivity index (χ0v) is 17.3. The predicted octanol–water partition coefficient (Wildman–Crippen LogP) is 5.46. The van der Waals surface area contributed by atoms with Crippen molar-refractivity contribution in [3.63, 3.8) is 0 Å². The number of hydrogen-bond donors (Lipinski definition) is 1. The summed E-state index contributed by atoms with van der Waals surface area (Å²) in [5.74, 6) is 1.37. The summed E-state index contributed by atoms with van der Waals surface area (Å²) >= 11 is 0. The molecule has 0 fully saturated rings. The first-order chi connectivity index (χ1) is 13.2. The van der Waals surface area contributed by atoms with Gasteiger partial charge in [-0.25, -0.2) is 5.43 Å². The first-order valence-electron chi connectivity index (χ1n) is 10.3. The monoisotopic (exact) mass is 376 g/mol. The average molecular weight is 377 g/mol. The molecule has 27 heavy (non-hydrogen) atoms. The van der Waals surface area contributed by atoms with E-state index in [2.05, 4.69) is 24.4 Å². The van der Waals surface area contributed by atoms with Gasteiger partial charge in [-0.1, -0.05) is 58.8 Å². The number of amides is 1. The number of nitrogens with one attached hydrogen (secondary N) is 1. The third-order valence-electron chi connectivity index (χ3n) is 4.35. The highest BCUT2D eigenvalue weighted by Crippen LogP contribution is 2.27. The number of nitrogens with zero attached hydrogens (tertiary/aromatic N) is 1. The van der Waals surface area contributed by atoms with Crippen LogP contribution in [0.1, 0.15) is 83.6 Å². The largest absolute Gasteiger partial charge is 0.493 e. The Morgan fingerprint density at radius 2 is 1.70 bits per heavy atom. The molecule has 0 heterocycles. The molecule has 0 aliphatic heterocycles. The Labute approximate surface area is 164 Å². The molecule has 0 aliphatic carbocycles. The van der Waals surface area contributed by atoms with Gasteiger partial charge in [0.2, 0.25) is 5.91 Å². The molecule has 1 amide bonds. The Morgan fingerprint density at radius 3 is 2.44 bits per heavy atom. The van der Waals surface area contributed by atoms with Gasteiger partial charge in [-0.3, -0.25) is 4.79 Å². The third kappa shape index (κ3) is 10.6. The average Bonchev–Trinajstić information content (AvgIpc) is 2.68. The molecule has 0 bridgehead atoms. The number of benzene rings is 1. The molecule has 0 saturated carbocycles. The molecule has 1 N–H and O–H groups in total. The molecule has 152 valence electrons. The summed E-state index contributed by atoms with van der Waals surface area (Å²) in [6, 6.07) is 5.64. The first kappa shape index (κ1) is 23.0. The van der Waals surface area contributed by atoms with Crippen molar-refractivity contribution in [2.24, 2.45) is 5.10 Å². The molecule has 1 aromatic rings. The fourth-order valence-corrected chi connectivity index (χ4v) is 2.72. The maximum atomic E-state index is 11.8. The van der Waals surface area contributed by atoms with Crippen molar-refractivity contribution in [1.82, 2.24) is 5.43 Å². The van der Waals surface area contributed by atoms with Crippen LogP contribution in [0.15, 0.2) is 23.3 Å². The Balaban J connectivity index is 2.36. The van der Waals surface area contributed by atoms with Crippen LogP contribution in [0.3, 0.4) is 0 Å². The van der Waals surface area contributed by atoms with E-state index in [1.54, 1.807) is 13.3 Å². The van der Waals surface area contributed by atoms with Gasteiger partial charge in [-0.2, -0.15) is 5.10 Å². The summed E-state index contributed by atoms with van der Waals surface area (Å²) in [4.78, 5) is 11.8. The van der Waals surface area contributed by atoms with Gasteiger partial charge in [0.15, 0.2) is 11.5 Å². The van der Waals surface area contributed by atoms with E-state index in [-0.39, 0.29) is 5.91 Å². The fraction of sp³-hybridized carbons (Fsp3) is 0.636. The normalized spacial score (nSPS) is 10.9. The van der Waals surface area contributed by atoms with Crippen LogP contribution >= 0.6 is 0 Å². The van der Waals surface area contributed by atoms with Gasteiger partial charge in [0.05, 0.1) is 19.9 Å². The highest BCUT2D eigenvalue weighted by molar-refractivity contribution is 5.83. The number of rotatable bonds is 15. The van der Waals surface area contributed by atoms with Gasteiger partial charge in [0.1, 0.15) is 0 Å². The molecule has 1 rings (SSSR count). The first-order valence-corrected chi connectivity index (χ1v) is 10.3. The highest BCUT2D eigenvalue weighted by Gasteiger charge is 2.05. The summed E-state index contributed by atoms with van der Waals surface area (Å²) in [5, 5.41) is 4.04. The second kappa shape index (κ2) is 15.1. The van der Waals surface area contributed by atoms with Gasteiger partial charge >= 0.3 is 0 Å². The van der Waals surface area contributed by atoms with E-state index in [1.165, 1.54) is 32.1 Å². The van der Waals surface area contributed by atoms with Crippen molar-refractivity contribution in [1.29, 1.82) is 0 Å². The maximum absolute atomic E-state index is 11.8. The van der Waals surface area contributed by atoms with Crippen LogP contribution in [-0.2, 0) is 4.79 Å². The third-order valence-corrected chi connectivity index (χ3v) is 4.35. The van der Waals surface area contributed by atoms with Crippen molar-refractivity contribution in [3.8, 4) is 11.5 Å². The summed E-state index contributed by atoms with van der Waals surface area (Å²) < 4.78 is 11.2. The van der Waals surface area contributed by atoms with Crippen LogP contribution in [0, 0.1) is 0 Å². The number of unbranched alkanes of at least 4 members (excludes halogenated alkanes) is 7. The number of hydrazone groups is 1.